The van der Waals surface area contributed by atoms with Gasteiger partial charge in [0.1, 0.15) is 16.7 Å². The van der Waals surface area contributed by atoms with Crippen molar-refractivity contribution >= 4 is 17.6 Å². The van der Waals surface area contributed by atoms with E-state index in [0.717, 1.165) is 10.6 Å². The predicted octanol–water partition coefficient (Wildman–Crippen LogP) is 0.503. The second-order valence-electron chi connectivity index (χ2n) is 3.78. The third-order valence-electron chi connectivity index (χ3n) is 2.53. The molecule has 2 heterocycles. The van der Waals surface area contributed by atoms with Crippen LogP contribution in [0.15, 0.2) is 15.0 Å². The number of aromatic nitrogens is 5. The Morgan fingerprint density at radius 1 is 1.44 bits per heavy atom. The van der Waals surface area contributed by atoms with Gasteiger partial charge in [-0.25, -0.2) is 19.9 Å². The number of nitrogens with two attached hydrogens (primary N) is 1. The highest BCUT2D eigenvalue weighted by molar-refractivity contribution is 7.99. The molecule has 0 aliphatic heterocycles. The van der Waals surface area contributed by atoms with E-state index in [9.17, 15) is 4.79 Å². The Balaban J connectivity index is 2.42. The topological polar surface area (TPSA) is 102 Å². The molecule has 0 aromatic carbocycles. The van der Waals surface area contributed by atoms with Gasteiger partial charge in [0.05, 0.1) is 0 Å². The zero-order valence-electron chi connectivity index (χ0n) is 10.4. The minimum atomic E-state index is -0.257. The summed E-state index contributed by atoms with van der Waals surface area (Å²) in [7, 11) is 1.65. The smallest absolute Gasteiger partial charge is 0.343 e. The summed E-state index contributed by atoms with van der Waals surface area (Å²) in [5.41, 5.74) is 6.37. The molecule has 0 aliphatic rings. The monoisotopic (exact) mass is 266 g/mol. The Labute approximate surface area is 108 Å². The summed E-state index contributed by atoms with van der Waals surface area (Å²) in [6.07, 6.45) is 0.706. The van der Waals surface area contributed by atoms with Gasteiger partial charge in [0, 0.05) is 19.0 Å². The van der Waals surface area contributed by atoms with Crippen LogP contribution in [0.5, 0.6) is 0 Å². The molecule has 0 aliphatic carbocycles. The number of aryl methyl sites for hydroxylation is 1. The molecule has 0 saturated carbocycles. The van der Waals surface area contributed by atoms with E-state index in [0.29, 0.717) is 23.2 Å². The molecule has 7 nitrogen and oxygen atoms in total. The number of rotatable bonds is 3. The van der Waals surface area contributed by atoms with Crippen LogP contribution in [0.1, 0.15) is 18.3 Å². The first-order valence-electron chi connectivity index (χ1n) is 5.45. The third-order valence-corrected chi connectivity index (χ3v) is 3.67. The average molecular weight is 266 g/mol. The van der Waals surface area contributed by atoms with Crippen molar-refractivity contribution in [1.82, 2.24) is 24.7 Å². The minimum Gasteiger partial charge on any atom is -0.383 e. The van der Waals surface area contributed by atoms with Gasteiger partial charge in [-0.15, -0.1) is 5.10 Å². The average Bonchev–Trinajstić information content (AvgIpc) is 2.66. The van der Waals surface area contributed by atoms with Crippen LogP contribution in [-0.2, 0) is 13.5 Å². The highest BCUT2D eigenvalue weighted by Gasteiger charge is 2.13. The molecule has 96 valence electrons. The van der Waals surface area contributed by atoms with Gasteiger partial charge in [-0.3, -0.25) is 4.57 Å². The number of nitrogens with one attached hydrogen (secondary N) is 1. The number of hydrogen-bond acceptors (Lipinski definition) is 6. The lowest BCUT2D eigenvalue weighted by atomic mass is 10.3. The Kier molecular flexibility index (Phi) is 3.37. The summed E-state index contributed by atoms with van der Waals surface area (Å²) < 4.78 is 1.42. The van der Waals surface area contributed by atoms with Crippen LogP contribution in [0, 0.1) is 6.92 Å². The van der Waals surface area contributed by atoms with Crippen LogP contribution >= 0.6 is 11.8 Å². The fourth-order valence-electron chi connectivity index (χ4n) is 1.33. The molecule has 0 unspecified atom stereocenters. The Hall–Kier alpha value is -1.83. The second kappa shape index (κ2) is 4.81. The van der Waals surface area contributed by atoms with E-state index in [1.807, 2.05) is 13.8 Å². The van der Waals surface area contributed by atoms with Crippen LogP contribution < -0.4 is 11.4 Å². The molecule has 0 saturated heterocycles. The van der Waals surface area contributed by atoms with E-state index in [1.54, 1.807) is 7.05 Å². The van der Waals surface area contributed by atoms with Crippen LogP contribution in [0.25, 0.3) is 0 Å². The van der Waals surface area contributed by atoms with Gasteiger partial charge >= 0.3 is 5.69 Å². The summed E-state index contributed by atoms with van der Waals surface area (Å²) in [4.78, 5) is 19.9. The summed E-state index contributed by atoms with van der Waals surface area (Å²) in [5, 5.41) is 7.57. The van der Waals surface area contributed by atoms with Crippen LogP contribution in [0.2, 0.25) is 0 Å². The van der Waals surface area contributed by atoms with Gasteiger partial charge in [0.15, 0.2) is 5.16 Å². The van der Waals surface area contributed by atoms with Crippen molar-refractivity contribution in [3.8, 4) is 0 Å². The molecule has 0 atom stereocenters. The molecule has 0 amide bonds. The molecule has 0 spiro atoms. The van der Waals surface area contributed by atoms with Crippen LogP contribution in [-0.4, -0.2) is 24.7 Å². The first-order chi connectivity index (χ1) is 8.52. The number of anilines is 1. The largest absolute Gasteiger partial charge is 0.383 e. The van der Waals surface area contributed by atoms with Crippen molar-refractivity contribution in [2.45, 2.75) is 30.5 Å². The minimum absolute atomic E-state index is 0.257. The lowest BCUT2D eigenvalue weighted by Gasteiger charge is -2.07. The van der Waals surface area contributed by atoms with Gasteiger partial charge in [-0.05, 0) is 18.7 Å². The van der Waals surface area contributed by atoms with Crippen molar-refractivity contribution < 1.29 is 0 Å². The normalized spacial score (nSPS) is 10.8. The second-order valence-corrected chi connectivity index (χ2v) is 4.74. The molecule has 3 N–H and O–H groups in total. The summed E-state index contributed by atoms with van der Waals surface area (Å²) in [5.74, 6) is 1.14. The maximum atomic E-state index is 11.3. The molecular weight excluding hydrogens is 252 g/mol. The summed E-state index contributed by atoms with van der Waals surface area (Å²) in [6, 6.07) is 0. The lowest BCUT2D eigenvalue weighted by Crippen LogP contribution is -2.13. The SMILES string of the molecule is CCc1nc(N)c(C)c(Sc2n[nH]c(=O)n2C)n1. The molecule has 0 bridgehead atoms. The van der Waals surface area contributed by atoms with E-state index in [4.69, 9.17) is 5.73 Å². The van der Waals surface area contributed by atoms with Gasteiger partial charge in [0.2, 0.25) is 0 Å². The number of aromatic amines is 1. The number of nitrogens with zero attached hydrogens (tertiary/aromatic N) is 4. The summed E-state index contributed by atoms with van der Waals surface area (Å²) in [6.45, 7) is 3.81. The first-order valence-corrected chi connectivity index (χ1v) is 6.26. The van der Waals surface area contributed by atoms with Crippen molar-refractivity contribution in [2.75, 3.05) is 5.73 Å². The molecular formula is C10H14N6OS. The molecule has 8 heteroatoms. The Morgan fingerprint density at radius 3 is 2.72 bits per heavy atom. The third kappa shape index (κ3) is 2.23. The molecule has 0 fully saturated rings. The van der Waals surface area contributed by atoms with Crippen molar-refractivity contribution in [1.29, 1.82) is 0 Å². The molecule has 2 aromatic heterocycles. The van der Waals surface area contributed by atoms with Gasteiger partial charge in [-0.2, -0.15) is 0 Å². The highest BCUT2D eigenvalue weighted by atomic mass is 32.2. The van der Waals surface area contributed by atoms with Crippen molar-refractivity contribution in [3.63, 3.8) is 0 Å². The standard InChI is InChI=1S/C10H14N6OS/c1-4-6-12-7(11)5(2)8(13-6)18-10-15-14-9(17)16(10)3/h4H2,1-3H3,(H,14,17)(H2,11,12,13). The van der Waals surface area contributed by atoms with E-state index >= 15 is 0 Å². The fourth-order valence-corrected chi connectivity index (χ4v) is 2.22. The van der Waals surface area contributed by atoms with Crippen molar-refractivity contribution in [3.05, 3.63) is 21.9 Å². The zero-order valence-corrected chi connectivity index (χ0v) is 11.2. The molecule has 0 radical (unpaired) electrons. The maximum absolute atomic E-state index is 11.3. The molecule has 2 aromatic rings. The number of nitrogen functional groups attached to an aromatic ring is 1. The molecule has 18 heavy (non-hydrogen) atoms. The predicted molar refractivity (Wildman–Crippen MR) is 68.5 cm³/mol. The Bertz CT molecular complexity index is 632. The Morgan fingerprint density at radius 2 is 2.17 bits per heavy atom. The van der Waals surface area contributed by atoms with Gasteiger partial charge in [0.25, 0.3) is 0 Å². The van der Waals surface area contributed by atoms with Gasteiger partial charge in [-0.1, -0.05) is 6.92 Å². The molecule has 2 rings (SSSR count). The highest BCUT2D eigenvalue weighted by Crippen LogP contribution is 2.28. The van der Waals surface area contributed by atoms with E-state index in [-0.39, 0.29) is 5.69 Å². The van der Waals surface area contributed by atoms with Gasteiger partial charge < -0.3 is 5.73 Å². The maximum Gasteiger partial charge on any atom is 0.343 e. The fraction of sp³-hybridized carbons (Fsp3) is 0.400. The lowest BCUT2D eigenvalue weighted by molar-refractivity contribution is 0.762. The summed E-state index contributed by atoms with van der Waals surface area (Å²) >= 11 is 1.29. The quantitative estimate of drug-likeness (QED) is 0.784. The van der Waals surface area contributed by atoms with E-state index < -0.39 is 0 Å². The van der Waals surface area contributed by atoms with Crippen LogP contribution in [0.3, 0.4) is 0 Å². The first kappa shape index (κ1) is 12.6. The van der Waals surface area contributed by atoms with Crippen LogP contribution in [0.4, 0.5) is 5.82 Å². The van der Waals surface area contributed by atoms with E-state index in [2.05, 4.69) is 20.2 Å². The van der Waals surface area contributed by atoms with Crippen molar-refractivity contribution in [2.24, 2.45) is 7.05 Å². The number of hydrogen-bond donors (Lipinski definition) is 2. The zero-order chi connectivity index (χ0) is 13.3. The number of H-pyrrole nitrogens is 1. The van der Waals surface area contributed by atoms with E-state index in [1.165, 1.54) is 16.3 Å².